The lowest BCUT2D eigenvalue weighted by Gasteiger charge is -2.32. The molecular weight excluding hydrogens is 332 g/mol. The molecule has 1 heterocycles. The molecule has 20 heavy (non-hydrogen) atoms. The Bertz CT molecular complexity index is 554. The van der Waals surface area contributed by atoms with Crippen molar-refractivity contribution in [2.45, 2.75) is 25.9 Å². The monoisotopic (exact) mass is 352 g/mol. The topological polar surface area (TPSA) is 29.3 Å². The van der Waals surface area contributed by atoms with Gasteiger partial charge in [-0.2, -0.15) is 0 Å². The van der Waals surface area contributed by atoms with Gasteiger partial charge in [-0.3, -0.25) is 4.90 Å². The summed E-state index contributed by atoms with van der Waals surface area (Å²) < 4.78 is 1.14. The molecular formula is C16H21BrN2S. The molecule has 108 valence electrons. The van der Waals surface area contributed by atoms with E-state index in [2.05, 4.69) is 77.4 Å². The molecule has 1 aromatic heterocycles. The van der Waals surface area contributed by atoms with Gasteiger partial charge in [-0.1, -0.05) is 34.1 Å². The third kappa shape index (κ3) is 3.31. The van der Waals surface area contributed by atoms with Crippen LogP contribution in [0.1, 0.15) is 35.0 Å². The van der Waals surface area contributed by atoms with Gasteiger partial charge in [-0.25, -0.2) is 0 Å². The molecule has 2 nitrogen and oxygen atoms in total. The highest BCUT2D eigenvalue weighted by Gasteiger charge is 2.22. The minimum atomic E-state index is 0.226. The van der Waals surface area contributed by atoms with E-state index in [9.17, 15) is 0 Å². The van der Waals surface area contributed by atoms with Crippen LogP contribution in [0.15, 0.2) is 40.2 Å². The third-order valence-electron chi connectivity index (χ3n) is 3.86. The maximum Gasteiger partial charge on any atom is 0.0474 e. The first-order valence-corrected chi connectivity index (χ1v) is 8.43. The fraction of sp³-hybridized carbons (Fsp3) is 0.375. The molecule has 1 aromatic carbocycles. The minimum absolute atomic E-state index is 0.226. The summed E-state index contributed by atoms with van der Waals surface area (Å²) in [5, 5.41) is 2.12. The zero-order valence-electron chi connectivity index (χ0n) is 12.1. The van der Waals surface area contributed by atoms with Crippen molar-refractivity contribution in [2.24, 2.45) is 5.73 Å². The number of rotatable bonds is 5. The van der Waals surface area contributed by atoms with Gasteiger partial charge in [-0.05, 0) is 49.5 Å². The van der Waals surface area contributed by atoms with Crippen LogP contribution in [0, 0.1) is 6.92 Å². The van der Waals surface area contributed by atoms with Gasteiger partial charge in [0.15, 0.2) is 0 Å². The van der Waals surface area contributed by atoms with Crippen LogP contribution in [-0.4, -0.2) is 18.5 Å². The highest BCUT2D eigenvalue weighted by molar-refractivity contribution is 9.10. The van der Waals surface area contributed by atoms with Gasteiger partial charge >= 0.3 is 0 Å². The predicted molar refractivity (Wildman–Crippen MR) is 91.2 cm³/mol. The molecule has 0 spiro atoms. The molecule has 2 N–H and O–H groups in total. The van der Waals surface area contributed by atoms with Crippen molar-refractivity contribution < 1.29 is 0 Å². The SMILES string of the molecule is Cc1ccc(C(CN)N(C)C(C)c2cccs2)cc1Br. The standard InChI is InChI=1S/C16H21BrN2S/c1-11-6-7-13(9-14(11)17)15(10-18)19(3)12(2)16-5-4-8-20-16/h4-9,12,15H,10,18H2,1-3H3. The van der Waals surface area contributed by atoms with Crippen molar-refractivity contribution in [3.8, 4) is 0 Å². The van der Waals surface area contributed by atoms with Crippen molar-refractivity contribution in [3.63, 3.8) is 0 Å². The van der Waals surface area contributed by atoms with Crippen molar-refractivity contribution in [1.82, 2.24) is 4.90 Å². The van der Waals surface area contributed by atoms with E-state index < -0.39 is 0 Å². The predicted octanol–water partition coefficient (Wildman–Crippen LogP) is 4.51. The van der Waals surface area contributed by atoms with Gasteiger partial charge in [0, 0.05) is 28.0 Å². The molecule has 2 atom stereocenters. The molecule has 0 fully saturated rings. The fourth-order valence-corrected chi connectivity index (χ4v) is 3.58. The Balaban J connectivity index is 2.24. The van der Waals surface area contributed by atoms with E-state index >= 15 is 0 Å². The molecule has 4 heteroatoms. The quantitative estimate of drug-likeness (QED) is 0.857. The maximum absolute atomic E-state index is 6.03. The highest BCUT2D eigenvalue weighted by Crippen LogP contribution is 2.32. The molecule has 0 saturated carbocycles. The van der Waals surface area contributed by atoms with Gasteiger partial charge in [0.25, 0.3) is 0 Å². The van der Waals surface area contributed by atoms with Crippen LogP contribution < -0.4 is 5.73 Å². The second-order valence-electron chi connectivity index (χ2n) is 5.12. The number of likely N-dealkylation sites (N-methyl/N-ethyl adjacent to an activating group) is 1. The largest absolute Gasteiger partial charge is 0.329 e. The van der Waals surface area contributed by atoms with Crippen LogP contribution in [0.4, 0.5) is 0 Å². The number of nitrogens with two attached hydrogens (primary N) is 1. The molecule has 2 aromatic rings. The lowest BCUT2D eigenvalue weighted by Crippen LogP contribution is -2.32. The van der Waals surface area contributed by atoms with Gasteiger partial charge in [-0.15, -0.1) is 11.3 Å². The van der Waals surface area contributed by atoms with E-state index in [1.54, 1.807) is 11.3 Å². The summed E-state index contributed by atoms with van der Waals surface area (Å²) in [5.41, 5.74) is 8.54. The number of aryl methyl sites for hydroxylation is 1. The van der Waals surface area contributed by atoms with Gasteiger partial charge < -0.3 is 5.73 Å². The average Bonchev–Trinajstić information content (AvgIpc) is 2.96. The van der Waals surface area contributed by atoms with Gasteiger partial charge in [0.2, 0.25) is 0 Å². The van der Waals surface area contributed by atoms with Gasteiger partial charge in [0.1, 0.15) is 0 Å². The maximum atomic E-state index is 6.03. The van der Waals surface area contributed by atoms with E-state index in [-0.39, 0.29) is 6.04 Å². The first kappa shape index (κ1) is 15.7. The second kappa shape index (κ2) is 6.85. The normalized spacial score (nSPS) is 14.5. The van der Waals surface area contributed by atoms with Crippen molar-refractivity contribution in [2.75, 3.05) is 13.6 Å². The molecule has 2 unspecified atom stereocenters. The van der Waals surface area contributed by atoms with Crippen LogP contribution in [0.5, 0.6) is 0 Å². The third-order valence-corrected chi connectivity index (χ3v) is 5.76. The summed E-state index contributed by atoms with van der Waals surface area (Å²) in [6, 6.07) is 11.4. The minimum Gasteiger partial charge on any atom is -0.329 e. The zero-order valence-corrected chi connectivity index (χ0v) is 14.5. The highest BCUT2D eigenvalue weighted by atomic mass is 79.9. The lowest BCUT2D eigenvalue weighted by molar-refractivity contribution is 0.193. The summed E-state index contributed by atoms with van der Waals surface area (Å²) in [6.45, 7) is 4.95. The van der Waals surface area contributed by atoms with E-state index in [1.807, 2.05) is 0 Å². The summed E-state index contributed by atoms with van der Waals surface area (Å²) in [4.78, 5) is 3.72. The Morgan fingerprint density at radius 1 is 1.35 bits per heavy atom. The first-order chi connectivity index (χ1) is 9.54. The number of thiophene rings is 1. The van der Waals surface area contributed by atoms with Crippen LogP contribution >= 0.6 is 27.3 Å². The summed E-state index contributed by atoms with van der Waals surface area (Å²) in [7, 11) is 2.15. The van der Waals surface area contributed by atoms with Crippen LogP contribution in [0.3, 0.4) is 0 Å². The molecule has 0 aliphatic carbocycles. The number of nitrogens with zero attached hydrogens (tertiary/aromatic N) is 1. The van der Waals surface area contributed by atoms with E-state index in [4.69, 9.17) is 5.73 Å². The molecule has 0 saturated heterocycles. The molecule has 0 bridgehead atoms. The Hall–Kier alpha value is -0.680. The van der Waals surface area contributed by atoms with E-state index in [1.165, 1.54) is 16.0 Å². The van der Waals surface area contributed by atoms with Gasteiger partial charge in [0.05, 0.1) is 0 Å². The van der Waals surface area contributed by atoms with Crippen molar-refractivity contribution >= 4 is 27.3 Å². The summed E-state index contributed by atoms with van der Waals surface area (Å²) in [6.07, 6.45) is 0. The fourth-order valence-electron chi connectivity index (χ4n) is 2.35. The number of halogens is 1. The molecule has 0 aliphatic rings. The first-order valence-electron chi connectivity index (χ1n) is 6.76. The van der Waals surface area contributed by atoms with Crippen molar-refractivity contribution in [1.29, 1.82) is 0 Å². The van der Waals surface area contributed by atoms with Crippen LogP contribution in [0.25, 0.3) is 0 Å². The molecule has 0 amide bonds. The Labute approximate surface area is 133 Å². The second-order valence-corrected chi connectivity index (χ2v) is 6.95. The van der Waals surface area contributed by atoms with Crippen LogP contribution in [-0.2, 0) is 0 Å². The number of hydrogen-bond acceptors (Lipinski definition) is 3. The van der Waals surface area contributed by atoms with Crippen molar-refractivity contribution in [3.05, 3.63) is 56.2 Å². The number of benzene rings is 1. The zero-order chi connectivity index (χ0) is 14.7. The number of hydrogen-bond donors (Lipinski definition) is 1. The van der Waals surface area contributed by atoms with E-state index in [0.717, 1.165) is 4.47 Å². The van der Waals surface area contributed by atoms with Crippen LogP contribution in [0.2, 0.25) is 0 Å². The summed E-state index contributed by atoms with van der Waals surface area (Å²) in [5.74, 6) is 0. The Morgan fingerprint density at radius 3 is 2.65 bits per heavy atom. The molecule has 0 aliphatic heterocycles. The summed E-state index contributed by atoms with van der Waals surface area (Å²) >= 11 is 5.41. The molecule has 0 radical (unpaired) electrons. The smallest absolute Gasteiger partial charge is 0.0474 e. The lowest BCUT2D eigenvalue weighted by atomic mass is 10.0. The molecule has 2 rings (SSSR count). The van der Waals surface area contributed by atoms with E-state index in [0.29, 0.717) is 12.6 Å². The average molecular weight is 353 g/mol. The Kier molecular flexibility index (Phi) is 5.38. The Morgan fingerprint density at radius 2 is 2.10 bits per heavy atom.